The number of hydrogen-bond donors (Lipinski definition) is 2. The van der Waals surface area contributed by atoms with E-state index in [2.05, 4.69) is 34.4 Å². The monoisotopic (exact) mass is 443 g/mol. The van der Waals surface area contributed by atoms with Gasteiger partial charge in [0.05, 0.1) is 28.0 Å². The maximum atomic E-state index is 13.5. The summed E-state index contributed by atoms with van der Waals surface area (Å²) in [4.78, 5) is 34.8. The number of carbonyl (C=O) groups excluding carboxylic acids is 2. The second kappa shape index (κ2) is 11.1. The molecular weight excluding hydrogens is 414 g/mol. The van der Waals surface area contributed by atoms with E-state index >= 15 is 0 Å². The van der Waals surface area contributed by atoms with E-state index in [9.17, 15) is 9.59 Å². The largest absolute Gasteiger partial charge is 0.353 e. The molecule has 1 aromatic carbocycles. The first-order valence-corrected chi connectivity index (χ1v) is 11.2. The lowest BCUT2D eigenvalue weighted by molar-refractivity contribution is 0.0755. The van der Waals surface area contributed by atoms with Crippen molar-refractivity contribution in [3.05, 3.63) is 52.7 Å². The van der Waals surface area contributed by atoms with Gasteiger partial charge in [-0.2, -0.15) is 0 Å². The van der Waals surface area contributed by atoms with Crippen molar-refractivity contribution in [1.29, 1.82) is 0 Å². The third-order valence-corrected chi connectivity index (χ3v) is 5.49. The minimum absolute atomic E-state index is 0.0569. The molecule has 2 N–H and O–H groups in total. The van der Waals surface area contributed by atoms with Crippen LogP contribution in [0, 0.1) is 0 Å². The molecule has 0 bridgehead atoms. The molecule has 0 radical (unpaired) electrons. The van der Waals surface area contributed by atoms with Gasteiger partial charge in [-0.1, -0.05) is 37.6 Å². The number of nitrogens with one attached hydrogen (secondary N) is 2. The lowest BCUT2D eigenvalue weighted by atomic mass is 10.1. The van der Waals surface area contributed by atoms with Gasteiger partial charge in [0.25, 0.3) is 11.8 Å². The van der Waals surface area contributed by atoms with Gasteiger partial charge < -0.3 is 20.4 Å². The van der Waals surface area contributed by atoms with Gasteiger partial charge in [0, 0.05) is 39.3 Å². The highest BCUT2D eigenvalue weighted by Gasteiger charge is 2.24. The summed E-state index contributed by atoms with van der Waals surface area (Å²) in [6, 6.07) is 8.60. The molecule has 1 aliphatic rings. The molecule has 0 saturated carbocycles. The van der Waals surface area contributed by atoms with E-state index in [4.69, 9.17) is 11.6 Å². The molecule has 31 heavy (non-hydrogen) atoms. The van der Waals surface area contributed by atoms with Crippen LogP contribution < -0.4 is 15.5 Å². The maximum Gasteiger partial charge on any atom is 0.257 e. The predicted octanol–water partition coefficient (Wildman–Crippen LogP) is 3.66. The summed E-state index contributed by atoms with van der Waals surface area (Å²) in [5.74, 6) is 0.276. The normalized spacial score (nSPS) is 13.7. The number of anilines is 2. The van der Waals surface area contributed by atoms with E-state index in [1.165, 1.54) is 0 Å². The van der Waals surface area contributed by atoms with Gasteiger partial charge in [-0.25, -0.2) is 4.98 Å². The Bertz CT molecular complexity index is 909. The molecule has 0 atom stereocenters. The minimum Gasteiger partial charge on any atom is -0.353 e. The van der Waals surface area contributed by atoms with Crippen LogP contribution >= 0.6 is 11.6 Å². The van der Waals surface area contributed by atoms with Gasteiger partial charge in [-0.15, -0.1) is 0 Å². The van der Waals surface area contributed by atoms with Crippen LogP contribution in [0.1, 0.15) is 47.4 Å². The van der Waals surface area contributed by atoms with Gasteiger partial charge in [-0.3, -0.25) is 9.59 Å². The van der Waals surface area contributed by atoms with Crippen LogP contribution in [0.5, 0.6) is 0 Å². The zero-order valence-corrected chi connectivity index (χ0v) is 18.9. The number of aromatic nitrogens is 1. The van der Waals surface area contributed by atoms with Crippen LogP contribution in [0.15, 0.2) is 36.5 Å². The van der Waals surface area contributed by atoms with Crippen molar-refractivity contribution < 1.29 is 9.59 Å². The molecule has 8 heteroatoms. The van der Waals surface area contributed by atoms with Crippen molar-refractivity contribution >= 4 is 34.9 Å². The van der Waals surface area contributed by atoms with Gasteiger partial charge in [0.1, 0.15) is 5.82 Å². The molecule has 2 amide bonds. The summed E-state index contributed by atoms with van der Waals surface area (Å²) in [7, 11) is 0. The van der Waals surface area contributed by atoms with Crippen molar-refractivity contribution in [2.45, 2.75) is 26.7 Å². The second-order valence-electron chi connectivity index (χ2n) is 7.56. The third kappa shape index (κ3) is 5.74. The SMILES string of the molecule is CCCN(CCC)C(=O)c1cc(NC(=O)c2ccccc2Cl)cnc1N1CCNCC1. The molecule has 0 unspecified atom stereocenters. The van der Waals surface area contributed by atoms with Crippen LogP contribution in [0.2, 0.25) is 5.02 Å². The van der Waals surface area contributed by atoms with Gasteiger partial charge in [-0.05, 0) is 31.0 Å². The van der Waals surface area contributed by atoms with E-state index in [1.54, 1.807) is 36.5 Å². The smallest absolute Gasteiger partial charge is 0.257 e. The standard InChI is InChI=1S/C23H30ClN5O2/c1-3-11-29(12-4-2)23(31)19-15-17(16-26-21(19)28-13-9-25-10-14-28)27-22(30)18-7-5-6-8-20(18)24/h5-8,15-16,25H,3-4,9-14H2,1-2H3,(H,27,30). The maximum absolute atomic E-state index is 13.5. The summed E-state index contributed by atoms with van der Waals surface area (Å²) in [6.45, 7) is 8.73. The number of nitrogens with zero attached hydrogens (tertiary/aromatic N) is 3. The van der Waals surface area contributed by atoms with Crippen LogP contribution in [0.4, 0.5) is 11.5 Å². The van der Waals surface area contributed by atoms with Crippen LogP contribution in [-0.4, -0.2) is 61.0 Å². The molecule has 1 fully saturated rings. The molecule has 7 nitrogen and oxygen atoms in total. The number of piperazine rings is 1. The Morgan fingerprint density at radius 2 is 1.81 bits per heavy atom. The lowest BCUT2D eigenvalue weighted by Gasteiger charge is -2.31. The summed E-state index contributed by atoms with van der Waals surface area (Å²) in [5, 5.41) is 6.54. The summed E-state index contributed by atoms with van der Waals surface area (Å²) < 4.78 is 0. The highest BCUT2D eigenvalue weighted by atomic mass is 35.5. The number of hydrogen-bond acceptors (Lipinski definition) is 5. The van der Waals surface area contributed by atoms with Crippen LogP contribution in [-0.2, 0) is 0 Å². The third-order valence-electron chi connectivity index (χ3n) is 5.16. The first kappa shape index (κ1) is 23.0. The molecule has 2 heterocycles. The quantitative estimate of drug-likeness (QED) is 0.651. The highest BCUT2D eigenvalue weighted by Crippen LogP contribution is 2.25. The van der Waals surface area contributed by atoms with E-state index in [1.807, 2.05) is 4.90 Å². The minimum atomic E-state index is -0.334. The fraction of sp³-hybridized carbons (Fsp3) is 0.435. The van der Waals surface area contributed by atoms with Gasteiger partial charge in [0.2, 0.25) is 0 Å². The Hall–Kier alpha value is -2.64. The van der Waals surface area contributed by atoms with E-state index in [0.29, 0.717) is 40.7 Å². The Balaban J connectivity index is 1.93. The second-order valence-corrected chi connectivity index (χ2v) is 7.97. The van der Waals surface area contributed by atoms with Crippen molar-refractivity contribution in [3.8, 4) is 0 Å². The number of pyridine rings is 1. The van der Waals surface area contributed by atoms with Crippen molar-refractivity contribution in [2.75, 3.05) is 49.5 Å². The molecule has 2 aromatic rings. The zero-order chi connectivity index (χ0) is 22.2. The first-order chi connectivity index (χ1) is 15.0. The Morgan fingerprint density at radius 1 is 1.13 bits per heavy atom. The predicted molar refractivity (Wildman–Crippen MR) is 125 cm³/mol. The molecular formula is C23H30ClN5O2. The summed E-state index contributed by atoms with van der Waals surface area (Å²) in [6.07, 6.45) is 3.36. The molecule has 1 saturated heterocycles. The molecule has 0 aliphatic carbocycles. The molecule has 0 spiro atoms. The van der Waals surface area contributed by atoms with Crippen molar-refractivity contribution in [3.63, 3.8) is 0 Å². The topological polar surface area (TPSA) is 77.6 Å². The summed E-state index contributed by atoms with van der Waals surface area (Å²) >= 11 is 6.16. The number of amides is 2. The summed E-state index contributed by atoms with van der Waals surface area (Å²) in [5.41, 5.74) is 1.36. The molecule has 166 valence electrons. The number of carbonyl (C=O) groups is 2. The van der Waals surface area contributed by atoms with E-state index in [-0.39, 0.29) is 11.8 Å². The highest BCUT2D eigenvalue weighted by molar-refractivity contribution is 6.34. The average molecular weight is 444 g/mol. The fourth-order valence-corrected chi connectivity index (χ4v) is 3.90. The Labute approximate surface area is 188 Å². The molecule has 3 rings (SSSR count). The van der Waals surface area contributed by atoms with Crippen molar-refractivity contribution in [1.82, 2.24) is 15.2 Å². The van der Waals surface area contributed by atoms with Crippen molar-refractivity contribution in [2.24, 2.45) is 0 Å². The molecule has 1 aliphatic heterocycles. The van der Waals surface area contributed by atoms with Crippen LogP contribution in [0.25, 0.3) is 0 Å². The first-order valence-electron chi connectivity index (χ1n) is 10.9. The zero-order valence-electron chi connectivity index (χ0n) is 18.2. The average Bonchev–Trinajstić information content (AvgIpc) is 2.79. The fourth-order valence-electron chi connectivity index (χ4n) is 3.68. The Morgan fingerprint density at radius 3 is 2.45 bits per heavy atom. The van der Waals surface area contributed by atoms with Crippen LogP contribution in [0.3, 0.4) is 0 Å². The Kier molecular flexibility index (Phi) is 8.26. The van der Waals surface area contributed by atoms with E-state index in [0.717, 1.165) is 39.0 Å². The van der Waals surface area contributed by atoms with E-state index < -0.39 is 0 Å². The van der Waals surface area contributed by atoms with Gasteiger partial charge >= 0.3 is 0 Å². The number of benzene rings is 1. The van der Waals surface area contributed by atoms with Gasteiger partial charge in [0.15, 0.2) is 0 Å². The lowest BCUT2D eigenvalue weighted by Crippen LogP contribution is -2.45. The number of rotatable bonds is 8. The number of halogens is 1. The molecule has 1 aromatic heterocycles.